The minimum absolute atomic E-state index is 0.0639. The fourth-order valence-electron chi connectivity index (χ4n) is 1.54. The van der Waals surface area contributed by atoms with Crippen molar-refractivity contribution in [3.63, 3.8) is 0 Å². The number of carboxylic acids is 1. The smallest absolute Gasteiger partial charge is 0.307 e. The lowest BCUT2D eigenvalue weighted by atomic mass is 10.2. The lowest BCUT2D eigenvalue weighted by Gasteiger charge is -2.06. The Balaban J connectivity index is 2.19. The van der Waals surface area contributed by atoms with E-state index in [1.807, 2.05) is 0 Å². The number of carboxylic acid groups (broad SMARTS) is 1. The first-order valence-electron chi connectivity index (χ1n) is 5.44. The molecule has 8 heteroatoms. The molecule has 0 amide bonds. The SMILES string of the molecule is O=C(O)Cc1ccc(S(=O)(=O)Nc2csc(Cl)c2)cc1. The molecule has 20 heavy (non-hydrogen) atoms. The molecule has 2 aromatic rings. The first kappa shape index (κ1) is 14.8. The molecule has 1 aromatic carbocycles. The van der Waals surface area contributed by atoms with Crippen LogP contribution in [0, 0.1) is 0 Å². The average molecular weight is 332 g/mol. The average Bonchev–Trinajstić information content (AvgIpc) is 2.74. The number of aliphatic carboxylic acids is 1. The third kappa shape index (κ3) is 3.72. The van der Waals surface area contributed by atoms with Crippen molar-refractivity contribution in [2.75, 3.05) is 4.72 Å². The van der Waals surface area contributed by atoms with Crippen molar-refractivity contribution in [3.05, 3.63) is 45.6 Å². The van der Waals surface area contributed by atoms with Crippen molar-refractivity contribution in [1.29, 1.82) is 0 Å². The molecular weight excluding hydrogens is 322 g/mol. The molecule has 1 aromatic heterocycles. The number of hydrogen-bond donors (Lipinski definition) is 2. The Bertz CT molecular complexity index is 722. The van der Waals surface area contributed by atoms with Crippen molar-refractivity contribution in [2.45, 2.75) is 11.3 Å². The molecule has 0 saturated heterocycles. The van der Waals surface area contributed by atoms with Crippen LogP contribution in [0.2, 0.25) is 4.34 Å². The molecule has 0 aliphatic heterocycles. The zero-order valence-electron chi connectivity index (χ0n) is 10.0. The minimum Gasteiger partial charge on any atom is -0.481 e. The quantitative estimate of drug-likeness (QED) is 0.882. The van der Waals surface area contributed by atoms with Gasteiger partial charge in [0.15, 0.2) is 0 Å². The maximum Gasteiger partial charge on any atom is 0.307 e. The van der Waals surface area contributed by atoms with E-state index in [9.17, 15) is 13.2 Å². The summed E-state index contributed by atoms with van der Waals surface area (Å²) in [5.41, 5.74) is 0.935. The number of benzene rings is 1. The summed E-state index contributed by atoms with van der Waals surface area (Å²) in [6.45, 7) is 0. The van der Waals surface area contributed by atoms with E-state index < -0.39 is 16.0 Å². The molecule has 0 saturated carbocycles. The fraction of sp³-hybridized carbons (Fsp3) is 0.0833. The van der Waals surface area contributed by atoms with Crippen molar-refractivity contribution in [2.24, 2.45) is 0 Å². The second-order valence-electron chi connectivity index (χ2n) is 3.96. The molecule has 2 N–H and O–H groups in total. The summed E-state index contributed by atoms with van der Waals surface area (Å²) in [6.07, 6.45) is -0.145. The van der Waals surface area contributed by atoms with Gasteiger partial charge in [0.05, 0.1) is 21.3 Å². The number of anilines is 1. The Hall–Kier alpha value is -1.57. The van der Waals surface area contributed by atoms with E-state index in [1.165, 1.54) is 41.7 Å². The van der Waals surface area contributed by atoms with Crippen LogP contribution in [0.15, 0.2) is 40.6 Å². The summed E-state index contributed by atoms with van der Waals surface area (Å²) in [4.78, 5) is 10.6. The van der Waals surface area contributed by atoms with E-state index in [1.54, 1.807) is 5.38 Å². The third-order valence-corrected chi connectivity index (χ3v) is 4.90. The van der Waals surface area contributed by atoms with E-state index >= 15 is 0 Å². The van der Waals surface area contributed by atoms with Gasteiger partial charge in [-0.15, -0.1) is 11.3 Å². The highest BCUT2D eigenvalue weighted by molar-refractivity contribution is 7.92. The molecule has 2 rings (SSSR count). The van der Waals surface area contributed by atoms with Gasteiger partial charge in [0.2, 0.25) is 0 Å². The maximum atomic E-state index is 12.1. The molecule has 0 radical (unpaired) electrons. The van der Waals surface area contributed by atoms with Gasteiger partial charge in [0, 0.05) is 5.38 Å². The van der Waals surface area contributed by atoms with Crippen LogP contribution < -0.4 is 4.72 Å². The lowest BCUT2D eigenvalue weighted by Crippen LogP contribution is -2.12. The number of thiophene rings is 1. The largest absolute Gasteiger partial charge is 0.481 e. The Labute approximate surface area is 124 Å². The van der Waals surface area contributed by atoms with Crippen molar-refractivity contribution in [1.82, 2.24) is 0 Å². The van der Waals surface area contributed by atoms with Crippen LogP contribution in [0.4, 0.5) is 5.69 Å². The van der Waals surface area contributed by atoms with Gasteiger partial charge in [-0.25, -0.2) is 8.42 Å². The number of carbonyl (C=O) groups is 1. The van der Waals surface area contributed by atoms with Gasteiger partial charge < -0.3 is 5.11 Å². The topological polar surface area (TPSA) is 83.5 Å². The van der Waals surface area contributed by atoms with Crippen LogP contribution in [0.3, 0.4) is 0 Å². The van der Waals surface area contributed by atoms with Gasteiger partial charge in [-0.1, -0.05) is 23.7 Å². The number of nitrogens with one attached hydrogen (secondary N) is 1. The summed E-state index contributed by atoms with van der Waals surface area (Å²) in [7, 11) is -3.69. The number of hydrogen-bond acceptors (Lipinski definition) is 4. The Morgan fingerprint density at radius 3 is 2.45 bits per heavy atom. The highest BCUT2D eigenvalue weighted by Crippen LogP contribution is 2.26. The van der Waals surface area contributed by atoms with Gasteiger partial charge in [-0.2, -0.15) is 0 Å². The maximum absolute atomic E-state index is 12.1. The predicted octanol–water partition coefficient (Wildman–Crippen LogP) is 2.83. The summed E-state index contributed by atoms with van der Waals surface area (Å²) in [5, 5.41) is 10.2. The Morgan fingerprint density at radius 2 is 1.95 bits per heavy atom. The molecule has 0 aliphatic rings. The number of halogens is 1. The molecule has 0 unspecified atom stereocenters. The lowest BCUT2D eigenvalue weighted by molar-refractivity contribution is -0.136. The first-order valence-corrected chi connectivity index (χ1v) is 8.18. The van der Waals surface area contributed by atoms with Crippen molar-refractivity contribution < 1.29 is 18.3 Å². The van der Waals surface area contributed by atoms with Crippen molar-refractivity contribution in [3.8, 4) is 0 Å². The normalized spacial score (nSPS) is 11.2. The zero-order valence-corrected chi connectivity index (χ0v) is 12.4. The van der Waals surface area contributed by atoms with Gasteiger partial charge in [-0.05, 0) is 23.8 Å². The molecule has 1 heterocycles. The predicted molar refractivity (Wildman–Crippen MR) is 77.9 cm³/mol. The second-order valence-corrected chi connectivity index (χ2v) is 7.18. The summed E-state index contributed by atoms with van der Waals surface area (Å²) < 4.78 is 27.0. The first-order chi connectivity index (χ1) is 9.37. The van der Waals surface area contributed by atoms with E-state index in [2.05, 4.69) is 4.72 Å². The molecule has 106 valence electrons. The van der Waals surface area contributed by atoms with E-state index in [-0.39, 0.29) is 11.3 Å². The number of rotatable bonds is 5. The minimum atomic E-state index is -3.69. The van der Waals surface area contributed by atoms with Crippen LogP contribution in [-0.4, -0.2) is 19.5 Å². The van der Waals surface area contributed by atoms with Crippen LogP contribution in [0.1, 0.15) is 5.56 Å². The van der Waals surface area contributed by atoms with Crippen LogP contribution in [0.25, 0.3) is 0 Å². The molecular formula is C12H10ClNO4S2. The van der Waals surface area contributed by atoms with Crippen LogP contribution in [0.5, 0.6) is 0 Å². The highest BCUT2D eigenvalue weighted by atomic mass is 35.5. The molecule has 0 atom stereocenters. The van der Waals surface area contributed by atoms with E-state index in [0.29, 0.717) is 15.6 Å². The van der Waals surface area contributed by atoms with Gasteiger partial charge in [0.1, 0.15) is 0 Å². The third-order valence-electron chi connectivity index (χ3n) is 2.41. The van der Waals surface area contributed by atoms with Gasteiger partial charge >= 0.3 is 5.97 Å². The summed E-state index contributed by atoms with van der Waals surface area (Å²) in [6, 6.07) is 7.21. The standard InChI is InChI=1S/C12H10ClNO4S2/c13-11-6-9(7-19-11)14-20(17,18)10-3-1-8(2-4-10)5-12(15)16/h1-4,6-7,14H,5H2,(H,15,16). The number of sulfonamides is 1. The second kappa shape index (κ2) is 5.82. The van der Waals surface area contributed by atoms with E-state index in [0.717, 1.165) is 0 Å². The zero-order chi connectivity index (χ0) is 14.8. The molecule has 0 fully saturated rings. The molecule has 5 nitrogen and oxygen atoms in total. The van der Waals surface area contributed by atoms with Gasteiger partial charge in [0.25, 0.3) is 10.0 Å². The van der Waals surface area contributed by atoms with E-state index in [4.69, 9.17) is 16.7 Å². The fourth-order valence-corrected chi connectivity index (χ4v) is 3.47. The monoisotopic (exact) mass is 331 g/mol. The highest BCUT2D eigenvalue weighted by Gasteiger charge is 2.15. The Morgan fingerprint density at radius 1 is 1.30 bits per heavy atom. The van der Waals surface area contributed by atoms with Crippen LogP contribution >= 0.6 is 22.9 Å². The van der Waals surface area contributed by atoms with Gasteiger partial charge in [-0.3, -0.25) is 9.52 Å². The van der Waals surface area contributed by atoms with Crippen LogP contribution in [-0.2, 0) is 21.2 Å². The molecule has 0 bridgehead atoms. The molecule has 0 spiro atoms. The summed E-state index contributed by atoms with van der Waals surface area (Å²) >= 11 is 6.96. The summed E-state index contributed by atoms with van der Waals surface area (Å²) in [5.74, 6) is -0.966. The Kier molecular flexibility index (Phi) is 4.32. The van der Waals surface area contributed by atoms with Crippen molar-refractivity contribution >= 4 is 44.6 Å². The molecule has 0 aliphatic carbocycles.